The van der Waals surface area contributed by atoms with Crippen LogP contribution in [0.4, 0.5) is 10.2 Å². The highest BCUT2D eigenvalue weighted by atomic mass is 19.1. The average molecular weight is 386 g/mol. The molecule has 1 amide bonds. The number of carbonyl (C=O) groups excluding carboxylic acids is 1. The molecule has 0 radical (unpaired) electrons. The van der Waals surface area contributed by atoms with Gasteiger partial charge in [0.15, 0.2) is 0 Å². The first kappa shape index (κ1) is 20.2. The van der Waals surface area contributed by atoms with E-state index in [1.165, 1.54) is 6.07 Å². The Hall–Kier alpha value is -2.51. The number of hydrogen-bond donors (Lipinski definition) is 2. The summed E-state index contributed by atoms with van der Waals surface area (Å²) in [7, 11) is 0. The zero-order valence-corrected chi connectivity index (χ0v) is 16.1. The van der Waals surface area contributed by atoms with Crippen molar-refractivity contribution in [3.63, 3.8) is 0 Å². The van der Waals surface area contributed by atoms with Crippen LogP contribution in [0.3, 0.4) is 0 Å². The highest BCUT2D eigenvalue weighted by molar-refractivity contribution is 5.94. The maximum Gasteiger partial charge on any atom is 0.252 e. The van der Waals surface area contributed by atoms with Gasteiger partial charge in [0.2, 0.25) is 0 Å². The number of amides is 1. The molecule has 1 atom stereocenters. The van der Waals surface area contributed by atoms with E-state index in [2.05, 4.69) is 20.1 Å². The Morgan fingerprint density at radius 1 is 1.29 bits per heavy atom. The highest BCUT2D eigenvalue weighted by Gasteiger charge is 2.28. The van der Waals surface area contributed by atoms with Gasteiger partial charge in [0.25, 0.3) is 5.91 Å². The van der Waals surface area contributed by atoms with Crippen LogP contribution in [0.15, 0.2) is 42.6 Å². The molecule has 0 spiro atoms. The number of pyridine rings is 1. The number of anilines is 1. The van der Waals surface area contributed by atoms with E-state index in [-0.39, 0.29) is 24.4 Å². The van der Waals surface area contributed by atoms with E-state index in [1.54, 1.807) is 24.4 Å². The fourth-order valence-electron chi connectivity index (χ4n) is 3.55. The third kappa shape index (κ3) is 4.85. The molecule has 3 rings (SSSR count). The van der Waals surface area contributed by atoms with Gasteiger partial charge in [-0.3, -0.25) is 9.69 Å². The van der Waals surface area contributed by atoms with Gasteiger partial charge in [0.05, 0.1) is 5.56 Å². The average Bonchev–Trinajstić information content (AvgIpc) is 2.71. The second kappa shape index (κ2) is 9.61. The van der Waals surface area contributed by atoms with Gasteiger partial charge in [0.1, 0.15) is 11.6 Å². The topological polar surface area (TPSA) is 68.7 Å². The van der Waals surface area contributed by atoms with E-state index in [0.29, 0.717) is 37.2 Å². The molecule has 0 bridgehead atoms. The van der Waals surface area contributed by atoms with Crippen LogP contribution in [0.2, 0.25) is 0 Å². The van der Waals surface area contributed by atoms with E-state index >= 15 is 0 Å². The van der Waals surface area contributed by atoms with Crippen LogP contribution in [0, 0.1) is 5.82 Å². The number of rotatable bonds is 7. The summed E-state index contributed by atoms with van der Waals surface area (Å²) < 4.78 is 14.0. The van der Waals surface area contributed by atoms with Crippen molar-refractivity contribution in [1.29, 1.82) is 0 Å². The molecule has 0 aliphatic carbocycles. The van der Waals surface area contributed by atoms with Gasteiger partial charge in [-0.1, -0.05) is 18.2 Å². The number of benzene rings is 1. The molecule has 1 aliphatic heterocycles. The molecule has 28 heavy (non-hydrogen) atoms. The van der Waals surface area contributed by atoms with Crippen molar-refractivity contribution in [2.75, 3.05) is 37.7 Å². The van der Waals surface area contributed by atoms with E-state index in [9.17, 15) is 14.3 Å². The molecule has 1 aliphatic rings. The van der Waals surface area contributed by atoms with Crippen molar-refractivity contribution in [2.45, 2.75) is 25.9 Å². The number of nitrogens with one attached hydrogen (secondary N) is 1. The molecule has 1 fully saturated rings. The predicted molar refractivity (Wildman–Crippen MR) is 107 cm³/mol. The Morgan fingerprint density at radius 3 is 2.79 bits per heavy atom. The second-order valence-electron chi connectivity index (χ2n) is 6.94. The first-order valence-corrected chi connectivity index (χ1v) is 9.70. The smallest absolute Gasteiger partial charge is 0.252 e. The Balaban J connectivity index is 1.68. The molecule has 0 unspecified atom stereocenters. The lowest BCUT2D eigenvalue weighted by atomic mass is 10.1. The zero-order valence-electron chi connectivity index (χ0n) is 16.1. The summed E-state index contributed by atoms with van der Waals surface area (Å²) in [5.41, 5.74) is 1.21. The van der Waals surface area contributed by atoms with Gasteiger partial charge >= 0.3 is 0 Å². The maximum atomic E-state index is 14.0. The van der Waals surface area contributed by atoms with Gasteiger partial charge in [-0.2, -0.15) is 0 Å². The van der Waals surface area contributed by atoms with Crippen molar-refractivity contribution in [1.82, 2.24) is 15.2 Å². The summed E-state index contributed by atoms with van der Waals surface area (Å²) in [5, 5.41) is 12.2. The van der Waals surface area contributed by atoms with Crippen molar-refractivity contribution in [3.05, 3.63) is 59.5 Å². The van der Waals surface area contributed by atoms with Crippen LogP contribution in [0.25, 0.3) is 0 Å². The fraction of sp³-hybridized carbons (Fsp3) is 0.429. The van der Waals surface area contributed by atoms with Gasteiger partial charge < -0.3 is 15.3 Å². The minimum atomic E-state index is -0.199. The van der Waals surface area contributed by atoms with Crippen molar-refractivity contribution in [3.8, 4) is 0 Å². The number of halogens is 1. The maximum absolute atomic E-state index is 14.0. The number of piperazine rings is 1. The molecular weight excluding hydrogens is 359 g/mol. The SMILES string of the molecule is CCNC(=O)c1ccc(N2CCN(Cc3ccccc3F)[C@@H](CCO)C2)nc1. The monoisotopic (exact) mass is 386 g/mol. The largest absolute Gasteiger partial charge is 0.396 e. The summed E-state index contributed by atoms with van der Waals surface area (Å²) in [5.74, 6) is 0.478. The lowest BCUT2D eigenvalue weighted by Gasteiger charge is -2.42. The Kier molecular flexibility index (Phi) is 6.95. The molecular formula is C21H27FN4O2. The van der Waals surface area contributed by atoms with Gasteiger partial charge in [0, 0.05) is 57.1 Å². The molecule has 0 saturated carbocycles. The summed E-state index contributed by atoms with van der Waals surface area (Å²) >= 11 is 0. The molecule has 1 aromatic heterocycles. The lowest BCUT2D eigenvalue weighted by Crippen LogP contribution is -2.53. The molecule has 150 valence electrons. The second-order valence-corrected chi connectivity index (χ2v) is 6.94. The normalized spacial score (nSPS) is 17.5. The number of aliphatic hydroxyl groups excluding tert-OH is 1. The number of nitrogens with zero attached hydrogens (tertiary/aromatic N) is 3. The standard InChI is InChI=1S/C21H27FN4O2/c1-2-23-21(28)16-7-8-20(24-13-16)26-11-10-25(18(15-26)9-12-27)14-17-5-3-4-6-19(17)22/h3-8,13,18,27H,2,9-12,14-15H2,1H3,(H,23,28)/t18-/m0/s1. The number of aromatic nitrogens is 1. The molecule has 1 saturated heterocycles. The zero-order chi connectivity index (χ0) is 19.9. The first-order chi connectivity index (χ1) is 13.6. The highest BCUT2D eigenvalue weighted by Crippen LogP contribution is 2.22. The van der Waals surface area contributed by atoms with Crippen LogP contribution in [-0.4, -0.2) is 59.7 Å². The predicted octanol–water partition coefficient (Wildman–Crippen LogP) is 2.04. The first-order valence-electron chi connectivity index (χ1n) is 9.70. The summed E-state index contributed by atoms with van der Waals surface area (Å²) in [6, 6.07) is 10.6. The Labute approximate surface area is 165 Å². The number of aliphatic hydroxyl groups is 1. The van der Waals surface area contributed by atoms with Crippen LogP contribution in [0.1, 0.15) is 29.3 Å². The molecule has 6 nitrogen and oxygen atoms in total. The lowest BCUT2D eigenvalue weighted by molar-refractivity contribution is 0.0955. The van der Waals surface area contributed by atoms with Crippen molar-refractivity contribution >= 4 is 11.7 Å². The van der Waals surface area contributed by atoms with Crippen LogP contribution < -0.4 is 10.2 Å². The third-order valence-electron chi connectivity index (χ3n) is 5.07. The van der Waals surface area contributed by atoms with Crippen molar-refractivity contribution < 1.29 is 14.3 Å². The Bertz CT molecular complexity index is 784. The minimum Gasteiger partial charge on any atom is -0.396 e. The van der Waals surface area contributed by atoms with Gasteiger partial charge in [-0.25, -0.2) is 9.37 Å². The molecule has 2 aromatic rings. The van der Waals surface area contributed by atoms with Gasteiger partial charge in [-0.05, 0) is 31.5 Å². The van der Waals surface area contributed by atoms with Crippen LogP contribution in [-0.2, 0) is 6.54 Å². The number of hydrogen-bond acceptors (Lipinski definition) is 5. The van der Waals surface area contributed by atoms with E-state index in [0.717, 1.165) is 18.9 Å². The summed E-state index contributed by atoms with van der Waals surface area (Å²) in [4.78, 5) is 20.7. The fourth-order valence-corrected chi connectivity index (χ4v) is 3.55. The van der Waals surface area contributed by atoms with Gasteiger partial charge in [-0.15, -0.1) is 0 Å². The van der Waals surface area contributed by atoms with Crippen LogP contribution >= 0.6 is 0 Å². The molecule has 2 heterocycles. The Morgan fingerprint density at radius 2 is 2.11 bits per heavy atom. The molecule has 7 heteroatoms. The van der Waals surface area contributed by atoms with E-state index < -0.39 is 0 Å². The summed E-state index contributed by atoms with van der Waals surface area (Å²) in [6.45, 7) is 5.25. The van der Waals surface area contributed by atoms with Crippen LogP contribution in [0.5, 0.6) is 0 Å². The molecule has 2 N–H and O–H groups in total. The third-order valence-corrected chi connectivity index (χ3v) is 5.07. The quantitative estimate of drug-likeness (QED) is 0.762. The summed E-state index contributed by atoms with van der Waals surface area (Å²) in [6.07, 6.45) is 2.20. The number of carbonyl (C=O) groups is 1. The van der Waals surface area contributed by atoms with E-state index in [1.807, 2.05) is 19.1 Å². The van der Waals surface area contributed by atoms with Crippen molar-refractivity contribution in [2.24, 2.45) is 0 Å². The molecule has 1 aromatic carbocycles. The minimum absolute atomic E-state index is 0.0792. The van der Waals surface area contributed by atoms with E-state index in [4.69, 9.17) is 0 Å².